The number of carbonyl (C=O) groups excluding carboxylic acids is 4. The van der Waals surface area contributed by atoms with Crippen molar-refractivity contribution in [1.82, 2.24) is 16.0 Å². The normalized spacial score (nSPS) is 15.6. The zero-order valence-corrected chi connectivity index (χ0v) is 23.7. The van der Waals surface area contributed by atoms with E-state index in [2.05, 4.69) is 16.0 Å². The smallest absolute Gasteiger partial charge is 0.414 e. The van der Waals surface area contributed by atoms with Crippen LogP contribution in [-0.2, 0) is 25.6 Å². The van der Waals surface area contributed by atoms with Crippen LogP contribution < -0.4 is 20.9 Å². The van der Waals surface area contributed by atoms with E-state index in [1.54, 1.807) is 57.2 Å². The van der Waals surface area contributed by atoms with E-state index in [0.29, 0.717) is 16.8 Å². The Labute approximate surface area is 238 Å². The zero-order valence-electron chi connectivity index (χ0n) is 23.7. The summed E-state index contributed by atoms with van der Waals surface area (Å²) in [5, 5.41) is 17.9. The highest BCUT2D eigenvalue weighted by molar-refractivity contribution is 5.90. The fourth-order valence-electron chi connectivity index (χ4n) is 4.01. The Bertz CT molecular complexity index is 1250. The molecule has 2 aromatic rings. The summed E-state index contributed by atoms with van der Waals surface area (Å²) in [5.41, 5.74) is 1.48. The number of ether oxygens (including phenoxy) is 2. The lowest BCUT2D eigenvalue weighted by Crippen LogP contribution is -2.37. The van der Waals surface area contributed by atoms with Gasteiger partial charge in [0.05, 0.1) is 24.9 Å². The third-order valence-electron chi connectivity index (χ3n) is 6.06. The Morgan fingerprint density at radius 3 is 2.46 bits per heavy atom. The van der Waals surface area contributed by atoms with Crippen LogP contribution in [0.1, 0.15) is 46.1 Å². The number of amides is 4. The predicted molar refractivity (Wildman–Crippen MR) is 149 cm³/mol. The quantitative estimate of drug-likeness (QED) is 0.323. The van der Waals surface area contributed by atoms with Crippen molar-refractivity contribution in [1.29, 1.82) is 0 Å². The van der Waals surface area contributed by atoms with Crippen molar-refractivity contribution in [3.63, 3.8) is 0 Å². The Balaban J connectivity index is 1.46. The average molecular weight is 573 g/mol. The van der Waals surface area contributed by atoms with Crippen molar-refractivity contribution < 1.29 is 38.1 Å². The standard InChI is InChI=1S/C29H37FN4O7/c1-18(35)31-16-23-17-34(28(39)40-23)21-9-11-24(25(30)13-21)20-7-5-19(6-8-20)14-32-26(37)12-10-22(36)15-33-27(38)41-29(2,3)4/h5-9,11,13,22-23,36H,10,12,14-17H2,1-4H3,(H,31,35)(H,32,37)(H,33,38). The second kappa shape index (κ2) is 13.9. The van der Waals surface area contributed by atoms with E-state index in [9.17, 15) is 24.3 Å². The molecule has 1 fully saturated rings. The van der Waals surface area contributed by atoms with Crippen molar-refractivity contribution >= 4 is 29.7 Å². The topological polar surface area (TPSA) is 146 Å². The van der Waals surface area contributed by atoms with Gasteiger partial charge in [-0.05, 0) is 56.5 Å². The molecule has 0 saturated carbocycles. The molecule has 0 bridgehead atoms. The summed E-state index contributed by atoms with van der Waals surface area (Å²) in [6.45, 7) is 7.18. The third-order valence-corrected chi connectivity index (χ3v) is 6.06. The molecule has 12 heteroatoms. The van der Waals surface area contributed by atoms with Crippen molar-refractivity contribution in [3.05, 3.63) is 53.8 Å². The summed E-state index contributed by atoms with van der Waals surface area (Å²) in [6, 6.07) is 11.5. The molecule has 2 atom stereocenters. The highest BCUT2D eigenvalue weighted by Crippen LogP contribution is 2.29. The number of benzene rings is 2. The molecule has 0 aliphatic carbocycles. The van der Waals surface area contributed by atoms with E-state index in [4.69, 9.17) is 9.47 Å². The SMILES string of the molecule is CC(=O)NCC1CN(c2ccc(-c3ccc(CNC(=O)CCC(O)CNC(=O)OC(C)(C)C)cc3)c(F)c2)C(=O)O1. The number of nitrogens with one attached hydrogen (secondary N) is 3. The molecule has 1 heterocycles. The average Bonchev–Trinajstić information content (AvgIpc) is 3.28. The van der Waals surface area contributed by atoms with Crippen molar-refractivity contribution in [2.45, 2.75) is 64.9 Å². The van der Waals surface area contributed by atoms with E-state index in [1.165, 1.54) is 17.9 Å². The summed E-state index contributed by atoms with van der Waals surface area (Å²) >= 11 is 0. The highest BCUT2D eigenvalue weighted by atomic mass is 19.1. The molecule has 2 unspecified atom stereocenters. The number of rotatable bonds is 11. The molecule has 1 aliphatic rings. The van der Waals surface area contributed by atoms with E-state index in [-0.39, 0.29) is 50.8 Å². The van der Waals surface area contributed by atoms with Crippen molar-refractivity contribution in [2.75, 3.05) is 24.5 Å². The number of alkyl carbamates (subject to hydrolysis) is 1. The van der Waals surface area contributed by atoms with Crippen LogP contribution in [0.5, 0.6) is 0 Å². The number of carbonyl (C=O) groups is 4. The van der Waals surface area contributed by atoms with Crippen molar-refractivity contribution in [2.24, 2.45) is 0 Å². The molecule has 0 aromatic heterocycles. The number of aliphatic hydroxyl groups is 1. The molecular formula is C29H37FN4O7. The maximum atomic E-state index is 15.0. The highest BCUT2D eigenvalue weighted by Gasteiger charge is 2.32. The van der Waals surface area contributed by atoms with Gasteiger partial charge in [0, 0.05) is 32.0 Å². The van der Waals surface area contributed by atoms with Crippen LogP contribution in [0.25, 0.3) is 11.1 Å². The molecule has 0 radical (unpaired) electrons. The van der Waals surface area contributed by atoms with Gasteiger partial charge in [0.2, 0.25) is 11.8 Å². The number of hydrogen-bond donors (Lipinski definition) is 4. The number of halogens is 1. The van der Waals surface area contributed by atoms with E-state index in [0.717, 1.165) is 5.56 Å². The van der Waals surface area contributed by atoms with Crippen LogP contribution in [-0.4, -0.2) is 66.6 Å². The predicted octanol–water partition coefficient (Wildman–Crippen LogP) is 3.24. The molecular weight excluding hydrogens is 535 g/mol. The Morgan fingerprint density at radius 1 is 1.12 bits per heavy atom. The van der Waals surface area contributed by atoms with Crippen LogP contribution in [0.2, 0.25) is 0 Å². The largest absolute Gasteiger partial charge is 0.444 e. The van der Waals surface area contributed by atoms with Gasteiger partial charge in [-0.15, -0.1) is 0 Å². The van der Waals surface area contributed by atoms with Crippen molar-refractivity contribution in [3.8, 4) is 11.1 Å². The lowest BCUT2D eigenvalue weighted by molar-refractivity contribution is -0.122. The van der Waals surface area contributed by atoms with E-state index < -0.39 is 35.8 Å². The van der Waals surface area contributed by atoms with Gasteiger partial charge < -0.3 is 30.5 Å². The van der Waals surface area contributed by atoms with Crippen LogP contribution in [0.15, 0.2) is 42.5 Å². The van der Waals surface area contributed by atoms with Gasteiger partial charge in [0.1, 0.15) is 17.5 Å². The maximum absolute atomic E-state index is 15.0. The minimum Gasteiger partial charge on any atom is -0.444 e. The summed E-state index contributed by atoms with van der Waals surface area (Å²) in [5.74, 6) is -1.00. The van der Waals surface area contributed by atoms with Crippen LogP contribution in [0.4, 0.5) is 19.7 Å². The van der Waals surface area contributed by atoms with Gasteiger partial charge >= 0.3 is 12.2 Å². The first-order valence-electron chi connectivity index (χ1n) is 13.3. The monoisotopic (exact) mass is 572 g/mol. The van der Waals surface area contributed by atoms with Crippen LogP contribution in [0.3, 0.4) is 0 Å². The number of cyclic esters (lactones) is 1. The maximum Gasteiger partial charge on any atom is 0.414 e. The first kappa shape index (κ1) is 31.3. The van der Waals surface area contributed by atoms with E-state index >= 15 is 4.39 Å². The molecule has 4 amide bonds. The fraction of sp³-hybridized carbons (Fsp3) is 0.448. The van der Waals surface area contributed by atoms with Gasteiger partial charge in [0.15, 0.2) is 0 Å². The molecule has 2 aromatic carbocycles. The van der Waals surface area contributed by atoms with Crippen LogP contribution in [0, 0.1) is 5.82 Å². The minimum atomic E-state index is -0.893. The van der Waals surface area contributed by atoms with Gasteiger partial charge in [-0.25, -0.2) is 14.0 Å². The molecule has 1 aliphatic heterocycles. The summed E-state index contributed by atoms with van der Waals surface area (Å²) in [4.78, 5) is 48.5. The first-order valence-corrected chi connectivity index (χ1v) is 13.3. The Hall–Kier alpha value is -4.19. The van der Waals surface area contributed by atoms with E-state index in [1.807, 2.05) is 0 Å². The molecule has 1 saturated heterocycles. The Kier molecular flexibility index (Phi) is 10.6. The zero-order chi connectivity index (χ0) is 30.2. The lowest BCUT2D eigenvalue weighted by atomic mass is 10.0. The fourth-order valence-corrected chi connectivity index (χ4v) is 4.01. The number of anilines is 1. The number of aliphatic hydroxyl groups excluding tert-OH is 1. The molecule has 0 spiro atoms. The minimum absolute atomic E-state index is 0.0254. The molecule has 222 valence electrons. The van der Waals surface area contributed by atoms with Gasteiger partial charge in [-0.1, -0.05) is 24.3 Å². The number of nitrogens with zero attached hydrogens (tertiary/aromatic N) is 1. The summed E-state index contributed by atoms with van der Waals surface area (Å²) in [6.07, 6.45) is -2.41. The third kappa shape index (κ3) is 10.1. The summed E-state index contributed by atoms with van der Waals surface area (Å²) in [7, 11) is 0. The molecule has 4 N–H and O–H groups in total. The molecule has 3 rings (SSSR count). The Morgan fingerprint density at radius 2 is 1.83 bits per heavy atom. The first-order chi connectivity index (χ1) is 19.3. The van der Waals surface area contributed by atoms with Gasteiger partial charge in [-0.2, -0.15) is 0 Å². The second-order valence-electron chi connectivity index (χ2n) is 10.8. The number of hydrogen-bond acceptors (Lipinski definition) is 7. The van der Waals surface area contributed by atoms with Gasteiger partial charge in [0.25, 0.3) is 0 Å². The van der Waals surface area contributed by atoms with Gasteiger partial charge in [-0.3, -0.25) is 14.5 Å². The van der Waals surface area contributed by atoms with Crippen LogP contribution >= 0.6 is 0 Å². The second-order valence-corrected chi connectivity index (χ2v) is 10.8. The summed E-state index contributed by atoms with van der Waals surface area (Å²) < 4.78 is 25.3. The molecule has 11 nitrogen and oxygen atoms in total. The molecule has 41 heavy (non-hydrogen) atoms. The lowest BCUT2D eigenvalue weighted by Gasteiger charge is -2.20.